The van der Waals surface area contributed by atoms with Crippen LogP contribution in [0.2, 0.25) is 0 Å². The molecule has 32 heavy (non-hydrogen) atoms. The predicted octanol–water partition coefficient (Wildman–Crippen LogP) is 3.78. The van der Waals surface area contributed by atoms with Crippen LogP contribution in [0.4, 0.5) is 25.8 Å². The van der Waals surface area contributed by atoms with Crippen molar-refractivity contribution in [2.24, 2.45) is 10.2 Å². The first kappa shape index (κ1) is 22.7. The van der Waals surface area contributed by atoms with Gasteiger partial charge in [-0.25, -0.2) is 8.78 Å². The maximum absolute atomic E-state index is 14.6. The molecule has 0 amide bonds. The number of halogens is 2. The van der Waals surface area contributed by atoms with E-state index in [0.29, 0.717) is 6.42 Å². The Morgan fingerprint density at radius 3 is 2.59 bits per heavy atom. The summed E-state index contributed by atoms with van der Waals surface area (Å²) in [4.78, 5) is 0. The first-order valence-electron chi connectivity index (χ1n) is 10.5. The number of nitrogens with one attached hydrogen (secondary N) is 1. The molecule has 0 spiro atoms. The SMILES string of the molecule is CCCC1OC[C@H]2O[C@@H](Nc3ccc(N=Nc4ccccc4F)cc3F)[C@H](O)[C@@H](O)[C@@H]2O1. The van der Waals surface area contributed by atoms with Gasteiger partial charge in [0.2, 0.25) is 0 Å². The largest absolute Gasteiger partial charge is 0.387 e. The van der Waals surface area contributed by atoms with Gasteiger partial charge < -0.3 is 29.7 Å². The molecule has 2 saturated heterocycles. The van der Waals surface area contributed by atoms with Crippen LogP contribution in [0.25, 0.3) is 0 Å². The van der Waals surface area contributed by atoms with Gasteiger partial charge in [0.05, 0.1) is 18.0 Å². The van der Waals surface area contributed by atoms with Crippen LogP contribution < -0.4 is 5.32 Å². The molecular weight excluding hydrogens is 424 g/mol. The topological polar surface area (TPSA) is 105 Å². The van der Waals surface area contributed by atoms with E-state index in [9.17, 15) is 19.0 Å². The highest BCUT2D eigenvalue weighted by Gasteiger charge is 2.48. The molecule has 0 aromatic heterocycles. The molecule has 6 atom stereocenters. The molecule has 2 aliphatic heterocycles. The van der Waals surface area contributed by atoms with Crippen molar-refractivity contribution < 1.29 is 33.2 Å². The smallest absolute Gasteiger partial charge is 0.158 e. The summed E-state index contributed by atoms with van der Waals surface area (Å²) < 4.78 is 45.3. The predicted molar refractivity (Wildman–Crippen MR) is 111 cm³/mol. The monoisotopic (exact) mass is 449 g/mol. The van der Waals surface area contributed by atoms with Crippen LogP contribution >= 0.6 is 0 Å². The molecule has 2 fully saturated rings. The lowest BCUT2D eigenvalue weighted by Crippen LogP contribution is -2.64. The summed E-state index contributed by atoms with van der Waals surface area (Å²) in [7, 11) is 0. The summed E-state index contributed by atoms with van der Waals surface area (Å²) in [5.41, 5.74) is 0.249. The third kappa shape index (κ3) is 4.94. The van der Waals surface area contributed by atoms with E-state index in [4.69, 9.17) is 14.2 Å². The van der Waals surface area contributed by atoms with Crippen LogP contribution in [0.15, 0.2) is 52.7 Å². The number of anilines is 1. The van der Waals surface area contributed by atoms with Gasteiger partial charge in [-0.2, -0.15) is 5.11 Å². The highest BCUT2D eigenvalue weighted by Crippen LogP contribution is 2.31. The first-order chi connectivity index (χ1) is 15.5. The zero-order valence-corrected chi connectivity index (χ0v) is 17.4. The maximum atomic E-state index is 14.6. The number of nitrogens with zero attached hydrogens (tertiary/aromatic N) is 2. The molecular formula is C22H25F2N3O5. The van der Waals surface area contributed by atoms with E-state index in [1.165, 1.54) is 30.3 Å². The molecule has 4 rings (SSSR count). The molecule has 10 heteroatoms. The van der Waals surface area contributed by atoms with E-state index in [1.807, 2.05) is 6.92 Å². The van der Waals surface area contributed by atoms with Gasteiger partial charge in [0.25, 0.3) is 0 Å². The van der Waals surface area contributed by atoms with Crippen LogP contribution in [-0.4, -0.2) is 53.8 Å². The Morgan fingerprint density at radius 2 is 1.84 bits per heavy atom. The fourth-order valence-electron chi connectivity index (χ4n) is 3.65. The number of aliphatic hydroxyl groups is 2. The van der Waals surface area contributed by atoms with E-state index in [0.717, 1.165) is 12.5 Å². The molecule has 0 saturated carbocycles. The van der Waals surface area contributed by atoms with Crippen LogP contribution in [0.1, 0.15) is 19.8 Å². The summed E-state index contributed by atoms with van der Waals surface area (Å²) in [6, 6.07) is 9.84. The zero-order valence-electron chi connectivity index (χ0n) is 17.4. The number of rotatable bonds is 6. The minimum absolute atomic E-state index is 0.0334. The number of aliphatic hydroxyl groups excluding tert-OH is 2. The lowest BCUT2D eigenvalue weighted by Gasteiger charge is -2.46. The number of benzene rings is 2. The van der Waals surface area contributed by atoms with Crippen LogP contribution in [0.3, 0.4) is 0 Å². The average molecular weight is 449 g/mol. The summed E-state index contributed by atoms with van der Waals surface area (Å²) in [6.07, 6.45) is -3.96. The van der Waals surface area contributed by atoms with Gasteiger partial charge in [-0.15, -0.1) is 5.11 Å². The Morgan fingerprint density at radius 1 is 1.03 bits per heavy atom. The van der Waals surface area contributed by atoms with Gasteiger partial charge in [-0.1, -0.05) is 25.5 Å². The van der Waals surface area contributed by atoms with Crippen molar-refractivity contribution in [3.63, 3.8) is 0 Å². The molecule has 0 radical (unpaired) electrons. The number of fused-ring (bicyclic) bond motifs is 1. The standard InChI is InChI=1S/C22H25F2N3O5/c1-2-5-18-30-11-17-21(32-18)19(28)20(29)22(31-17)25-15-9-8-12(10-14(15)24)26-27-16-7-4-3-6-13(16)23/h3-4,6-10,17-22,25,28-29H,2,5,11H2,1H3/t17-,18?,19-,20-,21-,22-/m1/s1. The second-order valence-electron chi connectivity index (χ2n) is 7.69. The molecule has 2 heterocycles. The van der Waals surface area contributed by atoms with Crippen LogP contribution in [-0.2, 0) is 14.2 Å². The molecule has 8 nitrogen and oxygen atoms in total. The Balaban J connectivity index is 1.42. The van der Waals surface area contributed by atoms with Gasteiger partial charge in [-0.3, -0.25) is 0 Å². The molecule has 3 N–H and O–H groups in total. The normalized spacial score (nSPS) is 30.3. The second-order valence-corrected chi connectivity index (χ2v) is 7.69. The first-order valence-corrected chi connectivity index (χ1v) is 10.5. The summed E-state index contributed by atoms with van der Waals surface area (Å²) in [6.45, 7) is 2.18. The van der Waals surface area contributed by atoms with E-state index in [1.54, 1.807) is 6.07 Å². The van der Waals surface area contributed by atoms with Crippen molar-refractivity contribution in [2.75, 3.05) is 11.9 Å². The molecule has 0 aliphatic carbocycles. The number of azo groups is 1. The molecule has 2 aromatic rings. The van der Waals surface area contributed by atoms with Gasteiger partial charge in [0.1, 0.15) is 35.9 Å². The lowest BCUT2D eigenvalue weighted by atomic mass is 9.97. The Hall–Kier alpha value is -2.50. The minimum atomic E-state index is -1.35. The quantitative estimate of drug-likeness (QED) is 0.580. The third-order valence-corrected chi connectivity index (χ3v) is 5.34. The van der Waals surface area contributed by atoms with Crippen molar-refractivity contribution in [1.29, 1.82) is 0 Å². The Kier molecular flexibility index (Phi) is 7.07. The van der Waals surface area contributed by atoms with Crippen molar-refractivity contribution in [1.82, 2.24) is 0 Å². The summed E-state index contributed by atoms with van der Waals surface area (Å²) >= 11 is 0. The maximum Gasteiger partial charge on any atom is 0.158 e. The molecule has 0 bridgehead atoms. The van der Waals surface area contributed by atoms with E-state index < -0.39 is 48.6 Å². The fraction of sp³-hybridized carbons (Fsp3) is 0.455. The Labute approximate surface area is 183 Å². The van der Waals surface area contributed by atoms with Gasteiger partial charge in [0.15, 0.2) is 18.3 Å². The van der Waals surface area contributed by atoms with Crippen molar-refractivity contribution in [3.05, 3.63) is 54.1 Å². The summed E-state index contributed by atoms with van der Waals surface area (Å²) in [5.74, 6) is -1.21. The fourth-order valence-corrected chi connectivity index (χ4v) is 3.65. The Bertz CT molecular complexity index is 961. The molecule has 2 aliphatic rings. The molecule has 2 aromatic carbocycles. The summed E-state index contributed by atoms with van der Waals surface area (Å²) in [5, 5.41) is 31.4. The zero-order chi connectivity index (χ0) is 22.7. The number of hydrogen-bond donors (Lipinski definition) is 3. The molecule has 1 unspecified atom stereocenters. The van der Waals surface area contributed by atoms with Gasteiger partial charge in [0, 0.05) is 6.07 Å². The van der Waals surface area contributed by atoms with Crippen molar-refractivity contribution in [3.8, 4) is 0 Å². The van der Waals surface area contributed by atoms with E-state index >= 15 is 0 Å². The van der Waals surface area contributed by atoms with Crippen molar-refractivity contribution in [2.45, 2.75) is 56.7 Å². The number of ether oxygens (including phenoxy) is 3. The number of hydrogen-bond acceptors (Lipinski definition) is 8. The average Bonchev–Trinajstić information content (AvgIpc) is 2.79. The minimum Gasteiger partial charge on any atom is -0.387 e. The van der Waals surface area contributed by atoms with E-state index in [2.05, 4.69) is 15.5 Å². The highest BCUT2D eigenvalue weighted by molar-refractivity contribution is 5.53. The van der Waals surface area contributed by atoms with Crippen LogP contribution in [0.5, 0.6) is 0 Å². The van der Waals surface area contributed by atoms with Crippen molar-refractivity contribution >= 4 is 17.1 Å². The lowest BCUT2D eigenvalue weighted by molar-refractivity contribution is -0.322. The molecule has 172 valence electrons. The third-order valence-electron chi connectivity index (χ3n) is 5.34. The van der Waals surface area contributed by atoms with Gasteiger partial charge >= 0.3 is 0 Å². The second kappa shape index (κ2) is 9.97. The van der Waals surface area contributed by atoms with Gasteiger partial charge in [-0.05, 0) is 30.7 Å². The van der Waals surface area contributed by atoms with Crippen LogP contribution in [0, 0.1) is 11.6 Å². The highest BCUT2D eigenvalue weighted by atomic mass is 19.1. The van der Waals surface area contributed by atoms with E-state index in [-0.39, 0.29) is 23.7 Å².